The van der Waals surface area contributed by atoms with E-state index < -0.39 is 40.2 Å². The van der Waals surface area contributed by atoms with Crippen molar-refractivity contribution in [1.29, 1.82) is 0 Å². The van der Waals surface area contributed by atoms with Crippen LogP contribution in [-0.4, -0.2) is 50.4 Å². The van der Waals surface area contributed by atoms with E-state index in [0.29, 0.717) is 22.9 Å². The fourth-order valence-electron chi connectivity index (χ4n) is 3.96. The van der Waals surface area contributed by atoms with Gasteiger partial charge in [0.25, 0.3) is 10.0 Å². The first-order chi connectivity index (χ1) is 19.3. The number of rotatable bonds is 12. The molecule has 3 aromatic carbocycles. The number of benzene rings is 3. The minimum atomic E-state index is -4.34. The molecule has 0 aromatic heterocycles. The number of sulfonamides is 1. The minimum Gasteiger partial charge on any atom is -0.494 e. The molecule has 220 valence electrons. The number of ether oxygens (including phenoxy) is 1. The Morgan fingerprint density at radius 2 is 1.61 bits per heavy atom. The second-order valence-corrected chi connectivity index (χ2v) is 12.2. The first-order valence-corrected chi connectivity index (χ1v) is 15.1. The van der Waals surface area contributed by atoms with E-state index in [-0.39, 0.29) is 28.2 Å². The van der Waals surface area contributed by atoms with E-state index in [4.69, 9.17) is 27.9 Å². The summed E-state index contributed by atoms with van der Waals surface area (Å²) in [6, 6.07) is 14.1. The molecule has 0 unspecified atom stereocenters. The Kier molecular flexibility index (Phi) is 11.0. The largest absolute Gasteiger partial charge is 0.494 e. The van der Waals surface area contributed by atoms with Crippen LogP contribution < -0.4 is 14.4 Å². The van der Waals surface area contributed by atoms with E-state index in [2.05, 4.69) is 5.32 Å². The van der Waals surface area contributed by atoms with Gasteiger partial charge in [-0.2, -0.15) is 0 Å². The van der Waals surface area contributed by atoms with Crippen molar-refractivity contribution in [3.63, 3.8) is 0 Å². The maximum atomic E-state index is 13.9. The third-order valence-corrected chi connectivity index (χ3v) is 8.45. The Labute approximate surface area is 250 Å². The number of amides is 2. The molecule has 0 aliphatic carbocycles. The highest BCUT2D eigenvalue weighted by Gasteiger charge is 2.33. The number of carbonyl (C=O) groups is 2. The van der Waals surface area contributed by atoms with Crippen LogP contribution >= 0.6 is 23.2 Å². The predicted molar refractivity (Wildman–Crippen MR) is 158 cm³/mol. The van der Waals surface area contributed by atoms with Crippen molar-refractivity contribution in [2.24, 2.45) is 0 Å². The fraction of sp³-hybridized carbons (Fsp3) is 0.310. The lowest BCUT2D eigenvalue weighted by atomic mass is 10.1. The van der Waals surface area contributed by atoms with Crippen LogP contribution in [0.4, 0.5) is 10.1 Å². The van der Waals surface area contributed by atoms with Gasteiger partial charge in [0.1, 0.15) is 24.2 Å². The molecule has 0 fully saturated rings. The van der Waals surface area contributed by atoms with Crippen LogP contribution in [0.1, 0.15) is 33.3 Å². The van der Waals surface area contributed by atoms with Gasteiger partial charge in [0.15, 0.2) is 0 Å². The van der Waals surface area contributed by atoms with Crippen LogP contribution in [0.3, 0.4) is 0 Å². The minimum absolute atomic E-state index is 0.0881. The zero-order chi connectivity index (χ0) is 30.3. The Bertz CT molecular complexity index is 1470. The molecule has 0 bridgehead atoms. The second kappa shape index (κ2) is 14.0. The summed E-state index contributed by atoms with van der Waals surface area (Å²) >= 11 is 12.4. The molecule has 0 saturated carbocycles. The van der Waals surface area contributed by atoms with Gasteiger partial charge in [0.2, 0.25) is 11.8 Å². The summed E-state index contributed by atoms with van der Waals surface area (Å²) in [7, 11) is -4.34. The van der Waals surface area contributed by atoms with Gasteiger partial charge in [-0.1, -0.05) is 29.3 Å². The van der Waals surface area contributed by atoms with E-state index in [9.17, 15) is 22.4 Å². The van der Waals surface area contributed by atoms with Crippen molar-refractivity contribution in [2.45, 2.75) is 51.2 Å². The molecule has 0 heterocycles. The highest BCUT2D eigenvalue weighted by Crippen LogP contribution is 2.28. The van der Waals surface area contributed by atoms with Gasteiger partial charge in [-0.25, -0.2) is 12.8 Å². The summed E-state index contributed by atoms with van der Waals surface area (Å²) in [6.07, 6.45) is 0. The van der Waals surface area contributed by atoms with E-state index in [1.165, 1.54) is 23.1 Å². The summed E-state index contributed by atoms with van der Waals surface area (Å²) in [5.41, 5.74) is 0.692. The Balaban J connectivity index is 2.05. The van der Waals surface area contributed by atoms with Crippen molar-refractivity contribution in [2.75, 3.05) is 17.5 Å². The molecule has 8 nitrogen and oxygen atoms in total. The van der Waals surface area contributed by atoms with Gasteiger partial charge in [-0.3, -0.25) is 13.9 Å². The maximum absolute atomic E-state index is 13.9. The lowest BCUT2D eigenvalue weighted by molar-refractivity contribution is -0.139. The van der Waals surface area contributed by atoms with Gasteiger partial charge in [-0.05, 0) is 93.9 Å². The second-order valence-electron chi connectivity index (χ2n) is 9.49. The monoisotopic (exact) mass is 623 g/mol. The van der Waals surface area contributed by atoms with E-state index in [0.717, 1.165) is 28.6 Å². The Hall–Kier alpha value is -3.34. The van der Waals surface area contributed by atoms with E-state index in [1.807, 2.05) is 6.92 Å². The molecule has 0 spiro atoms. The first-order valence-electron chi connectivity index (χ1n) is 12.9. The molecule has 2 amide bonds. The van der Waals surface area contributed by atoms with Crippen molar-refractivity contribution in [1.82, 2.24) is 10.2 Å². The molecular formula is C29H32Cl2FN3O5S. The molecule has 0 aliphatic heterocycles. The van der Waals surface area contributed by atoms with Crippen molar-refractivity contribution in [3.05, 3.63) is 88.2 Å². The number of halogens is 3. The number of hydrogen-bond donors (Lipinski definition) is 1. The quantitative estimate of drug-likeness (QED) is 0.280. The molecule has 3 aromatic rings. The van der Waals surface area contributed by atoms with Gasteiger partial charge in [0, 0.05) is 22.6 Å². The lowest BCUT2D eigenvalue weighted by Crippen LogP contribution is -2.52. The summed E-state index contributed by atoms with van der Waals surface area (Å²) in [6.45, 7) is 6.61. The summed E-state index contributed by atoms with van der Waals surface area (Å²) < 4.78 is 47.6. The molecule has 0 saturated heterocycles. The van der Waals surface area contributed by atoms with Gasteiger partial charge >= 0.3 is 0 Å². The van der Waals surface area contributed by atoms with Gasteiger partial charge < -0.3 is 15.0 Å². The standard InChI is InChI=1S/C29H32Cl2FN3O5S/c1-5-40-25-12-10-24(11-13-25)35(41(38,39)26-14-8-23(32)9-15-26)18-28(36)34(20(4)29(37)33-19(2)3)17-21-6-7-22(30)16-27(21)31/h6-16,19-20H,5,17-18H2,1-4H3,(H,33,37)/t20-/m0/s1. The summed E-state index contributed by atoms with van der Waals surface area (Å²) in [5, 5.41) is 3.47. The number of hydrogen-bond acceptors (Lipinski definition) is 5. The predicted octanol–water partition coefficient (Wildman–Crippen LogP) is 5.67. The van der Waals surface area contributed by atoms with Crippen LogP contribution in [0, 0.1) is 5.82 Å². The topological polar surface area (TPSA) is 96.0 Å². The van der Waals surface area contributed by atoms with Gasteiger partial charge in [0.05, 0.1) is 17.2 Å². The third-order valence-electron chi connectivity index (χ3n) is 6.07. The first kappa shape index (κ1) is 32.2. The highest BCUT2D eigenvalue weighted by atomic mass is 35.5. The fourth-order valence-corrected chi connectivity index (χ4v) is 5.84. The zero-order valence-corrected chi connectivity index (χ0v) is 25.4. The third kappa shape index (κ3) is 8.34. The Morgan fingerprint density at radius 1 is 0.976 bits per heavy atom. The molecular weight excluding hydrogens is 592 g/mol. The molecule has 0 radical (unpaired) electrons. The SMILES string of the molecule is CCOc1ccc(N(CC(=O)N(Cc2ccc(Cl)cc2Cl)[C@@H](C)C(=O)NC(C)C)S(=O)(=O)c2ccc(F)cc2)cc1. The Morgan fingerprint density at radius 3 is 2.17 bits per heavy atom. The molecule has 3 rings (SSSR count). The van der Waals surface area contributed by atoms with Gasteiger partial charge in [-0.15, -0.1) is 0 Å². The van der Waals surface area contributed by atoms with Crippen molar-refractivity contribution in [3.8, 4) is 5.75 Å². The number of carbonyl (C=O) groups excluding carboxylic acids is 2. The van der Waals surface area contributed by atoms with E-state index in [1.54, 1.807) is 45.0 Å². The zero-order valence-electron chi connectivity index (χ0n) is 23.1. The normalized spacial score (nSPS) is 12.1. The average molecular weight is 625 g/mol. The van der Waals surface area contributed by atoms with Crippen molar-refractivity contribution < 1.29 is 27.1 Å². The summed E-state index contributed by atoms with van der Waals surface area (Å²) in [5.74, 6) is -1.18. The number of nitrogens with one attached hydrogen (secondary N) is 1. The highest BCUT2D eigenvalue weighted by molar-refractivity contribution is 7.92. The lowest BCUT2D eigenvalue weighted by Gasteiger charge is -2.32. The molecule has 1 N–H and O–H groups in total. The molecule has 12 heteroatoms. The summed E-state index contributed by atoms with van der Waals surface area (Å²) in [4.78, 5) is 28.0. The number of nitrogens with zero attached hydrogens (tertiary/aromatic N) is 2. The van der Waals surface area contributed by atoms with Crippen LogP contribution in [0.25, 0.3) is 0 Å². The maximum Gasteiger partial charge on any atom is 0.264 e. The van der Waals surface area contributed by atoms with E-state index >= 15 is 0 Å². The molecule has 41 heavy (non-hydrogen) atoms. The molecule has 1 atom stereocenters. The molecule has 0 aliphatic rings. The van der Waals surface area contributed by atoms with Crippen LogP contribution in [0.5, 0.6) is 5.75 Å². The number of anilines is 1. The van der Waals surface area contributed by atoms with Crippen molar-refractivity contribution >= 4 is 50.7 Å². The average Bonchev–Trinajstić information content (AvgIpc) is 2.91. The smallest absolute Gasteiger partial charge is 0.264 e. The van der Waals surface area contributed by atoms with Crippen LogP contribution in [0.15, 0.2) is 71.6 Å². The van der Waals surface area contributed by atoms with Crippen LogP contribution in [-0.2, 0) is 26.2 Å². The van der Waals surface area contributed by atoms with Crippen LogP contribution in [0.2, 0.25) is 10.0 Å².